The van der Waals surface area contributed by atoms with Crippen LogP contribution in [-0.2, 0) is 0 Å². The average molecular weight is 401 g/mol. The SMILES string of the molecule is C[C@H]1CC[C@@H]2CC(c3ccc(C(=O)Oc4ccc(Cl)cc4)cc3F)CC[C@H]2C1. The molecule has 0 bridgehead atoms. The van der Waals surface area contributed by atoms with E-state index in [-0.39, 0.29) is 17.3 Å². The second kappa shape index (κ2) is 8.24. The van der Waals surface area contributed by atoms with Crippen LogP contribution in [0.15, 0.2) is 42.5 Å². The van der Waals surface area contributed by atoms with Crippen LogP contribution in [0.4, 0.5) is 4.39 Å². The minimum atomic E-state index is -0.558. The normalized spacial score (nSPS) is 27.1. The van der Waals surface area contributed by atoms with Gasteiger partial charge in [0, 0.05) is 5.02 Å². The summed E-state index contributed by atoms with van der Waals surface area (Å²) in [6.07, 6.45) is 7.21. The topological polar surface area (TPSA) is 26.3 Å². The first kappa shape index (κ1) is 19.4. The quantitative estimate of drug-likeness (QED) is 0.408. The Morgan fingerprint density at radius 3 is 2.46 bits per heavy atom. The standard InChI is InChI=1S/C24H26ClFO2/c1-15-2-3-17-13-18(5-4-16(17)12-15)22-11-6-19(14-23(22)26)24(27)28-21-9-7-20(25)8-10-21/h6-11,14-18H,2-5,12-13H2,1H3/t15-,16-,17+,18?/m0/s1. The van der Waals surface area contributed by atoms with Crippen LogP contribution in [0.25, 0.3) is 0 Å². The number of rotatable bonds is 3. The Morgan fingerprint density at radius 2 is 1.71 bits per heavy atom. The zero-order valence-corrected chi connectivity index (χ0v) is 16.9. The molecule has 4 heteroatoms. The Morgan fingerprint density at radius 1 is 1.00 bits per heavy atom. The number of hydrogen-bond acceptors (Lipinski definition) is 2. The van der Waals surface area contributed by atoms with Crippen molar-refractivity contribution in [1.82, 2.24) is 0 Å². The van der Waals surface area contributed by atoms with Gasteiger partial charge >= 0.3 is 5.97 Å². The van der Waals surface area contributed by atoms with E-state index >= 15 is 0 Å². The summed E-state index contributed by atoms with van der Waals surface area (Å²) in [4.78, 5) is 12.3. The summed E-state index contributed by atoms with van der Waals surface area (Å²) in [5.74, 6) is 2.18. The number of halogens is 2. The molecular formula is C24H26ClFO2. The predicted octanol–water partition coefficient (Wildman–Crippen LogP) is 7.02. The first-order chi connectivity index (χ1) is 13.5. The van der Waals surface area contributed by atoms with Gasteiger partial charge in [-0.2, -0.15) is 0 Å². The van der Waals surface area contributed by atoms with E-state index in [1.807, 2.05) is 0 Å². The van der Waals surface area contributed by atoms with E-state index < -0.39 is 5.97 Å². The molecule has 0 aliphatic heterocycles. The van der Waals surface area contributed by atoms with Gasteiger partial charge in [-0.25, -0.2) is 9.18 Å². The monoisotopic (exact) mass is 400 g/mol. The molecule has 1 unspecified atom stereocenters. The first-order valence-electron chi connectivity index (χ1n) is 10.3. The molecule has 2 saturated carbocycles. The fourth-order valence-electron chi connectivity index (χ4n) is 5.06. The van der Waals surface area contributed by atoms with Crippen molar-refractivity contribution in [3.63, 3.8) is 0 Å². The van der Waals surface area contributed by atoms with Crippen molar-refractivity contribution >= 4 is 17.6 Å². The lowest BCUT2D eigenvalue weighted by atomic mass is 9.64. The molecule has 2 nitrogen and oxygen atoms in total. The average Bonchev–Trinajstić information content (AvgIpc) is 2.69. The van der Waals surface area contributed by atoms with Crippen molar-refractivity contribution in [3.8, 4) is 5.75 Å². The van der Waals surface area contributed by atoms with Gasteiger partial charge in [-0.15, -0.1) is 0 Å². The molecule has 0 aromatic heterocycles. The molecular weight excluding hydrogens is 375 g/mol. The number of hydrogen-bond donors (Lipinski definition) is 0. The predicted molar refractivity (Wildman–Crippen MR) is 109 cm³/mol. The number of carbonyl (C=O) groups excluding carboxylic acids is 1. The molecule has 0 saturated heterocycles. The Bertz CT molecular complexity index is 848. The molecule has 4 atom stereocenters. The van der Waals surface area contributed by atoms with Crippen LogP contribution >= 0.6 is 11.6 Å². The molecule has 0 amide bonds. The zero-order chi connectivity index (χ0) is 19.7. The third kappa shape index (κ3) is 4.25. The molecule has 2 aliphatic rings. The van der Waals surface area contributed by atoms with Gasteiger partial charge in [0.2, 0.25) is 0 Å². The van der Waals surface area contributed by atoms with E-state index in [0.29, 0.717) is 10.8 Å². The Kier molecular flexibility index (Phi) is 5.73. The first-order valence-corrected chi connectivity index (χ1v) is 10.6. The van der Waals surface area contributed by atoms with Crippen molar-refractivity contribution in [1.29, 1.82) is 0 Å². The molecule has 28 heavy (non-hydrogen) atoms. The van der Waals surface area contributed by atoms with E-state index in [4.69, 9.17) is 16.3 Å². The molecule has 2 aliphatic carbocycles. The van der Waals surface area contributed by atoms with Crippen LogP contribution in [0, 0.1) is 23.6 Å². The number of benzene rings is 2. The molecule has 2 aromatic carbocycles. The lowest BCUT2D eigenvalue weighted by Gasteiger charge is -2.41. The number of fused-ring (bicyclic) bond motifs is 1. The molecule has 0 radical (unpaired) electrons. The minimum Gasteiger partial charge on any atom is -0.423 e. The highest BCUT2D eigenvalue weighted by molar-refractivity contribution is 6.30. The third-order valence-corrected chi connectivity index (χ3v) is 6.83. The smallest absolute Gasteiger partial charge is 0.343 e. The number of esters is 1. The van der Waals surface area contributed by atoms with Crippen LogP contribution in [-0.4, -0.2) is 5.97 Å². The van der Waals surface area contributed by atoms with Crippen LogP contribution in [0.3, 0.4) is 0 Å². The highest BCUT2D eigenvalue weighted by Gasteiger charge is 2.35. The summed E-state index contributed by atoms with van der Waals surface area (Å²) >= 11 is 5.84. The lowest BCUT2D eigenvalue weighted by molar-refractivity contribution is 0.0734. The summed E-state index contributed by atoms with van der Waals surface area (Å²) in [6.45, 7) is 2.35. The molecule has 2 fully saturated rings. The molecule has 148 valence electrons. The fourth-order valence-corrected chi connectivity index (χ4v) is 5.19. The second-order valence-electron chi connectivity index (χ2n) is 8.53. The van der Waals surface area contributed by atoms with Gasteiger partial charge in [0.1, 0.15) is 11.6 Å². The van der Waals surface area contributed by atoms with E-state index in [2.05, 4.69) is 6.92 Å². The van der Waals surface area contributed by atoms with Crippen molar-refractivity contribution in [2.75, 3.05) is 0 Å². The lowest BCUT2D eigenvalue weighted by Crippen LogP contribution is -2.30. The Balaban J connectivity index is 1.44. The van der Waals surface area contributed by atoms with Gasteiger partial charge in [-0.3, -0.25) is 0 Å². The Hall–Kier alpha value is -1.87. The maximum Gasteiger partial charge on any atom is 0.343 e. The molecule has 0 spiro atoms. The summed E-state index contributed by atoms with van der Waals surface area (Å²) < 4.78 is 20.2. The van der Waals surface area contributed by atoms with Crippen LogP contribution < -0.4 is 4.74 Å². The molecule has 4 rings (SSSR count). The highest BCUT2D eigenvalue weighted by Crippen LogP contribution is 2.47. The van der Waals surface area contributed by atoms with Crippen LogP contribution in [0.2, 0.25) is 5.02 Å². The van der Waals surface area contributed by atoms with Crippen LogP contribution in [0.5, 0.6) is 5.75 Å². The molecule has 2 aromatic rings. The van der Waals surface area contributed by atoms with E-state index in [9.17, 15) is 9.18 Å². The summed E-state index contributed by atoms with van der Waals surface area (Å²) in [5.41, 5.74) is 0.983. The van der Waals surface area contributed by atoms with Gasteiger partial charge in [0.25, 0.3) is 0 Å². The minimum absolute atomic E-state index is 0.233. The van der Waals surface area contributed by atoms with Crippen molar-refractivity contribution in [3.05, 3.63) is 64.4 Å². The van der Waals surface area contributed by atoms with Gasteiger partial charge in [0.15, 0.2) is 0 Å². The van der Waals surface area contributed by atoms with Crippen LogP contribution in [0.1, 0.15) is 67.3 Å². The highest BCUT2D eigenvalue weighted by atomic mass is 35.5. The van der Waals surface area contributed by atoms with E-state index in [1.165, 1.54) is 31.7 Å². The van der Waals surface area contributed by atoms with E-state index in [0.717, 1.165) is 36.2 Å². The van der Waals surface area contributed by atoms with Gasteiger partial charge in [-0.05, 0) is 97.7 Å². The zero-order valence-electron chi connectivity index (χ0n) is 16.2. The van der Waals surface area contributed by atoms with Gasteiger partial charge in [-0.1, -0.05) is 31.0 Å². The second-order valence-corrected chi connectivity index (χ2v) is 8.96. The van der Waals surface area contributed by atoms with Crippen molar-refractivity contribution < 1.29 is 13.9 Å². The summed E-state index contributed by atoms with van der Waals surface area (Å²) in [6, 6.07) is 11.3. The number of carbonyl (C=O) groups is 1. The van der Waals surface area contributed by atoms with Gasteiger partial charge in [0.05, 0.1) is 5.56 Å². The van der Waals surface area contributed by atoms with E-state index in [1.54, 1.807) is 36.4 Å². The largest absolute Gasteiger partial charge is 0.423 e. The third-order valence-electron chi connectivity index (χ3n) is 6.58. The summed E-state index contributed by atoms with van der Waals surface area (Å²) in [7, 11) is 0. The van der Waals surface area contributed by atoms with Gasteiger partial charge < -0.3 is 4.74 Å². The maximum absolute atomic E-state index is 14.8. The number of ether oxygens (including phenoxy) is 1. The molecule has 0 N–H and O–H groups in total. The van der Waals surface area contributed by atoms with Crippen molar-refractivity contribution in [2.45, 2.75) is 51.4 Å². The molecule has 0 heterocycles. The van der Waals surface area contributed by atoms with Crippen molar-refractivity contribution in [2.24, 2.45) is 17.8 Å². The maximum atomic E-state index is 14.8. The fraction of sp³-hybridized carbons (Fsp3) is 0.458. The Labute approximate surface area is 171 Å². The summed E-state index contributed by atoms with van der Waals surface area (Å²) in [5, 5.41) is 0.567.